The second kappa shape index (κ2) is 6.21. The first-order valence-corrected chi connectivity index (χ1v) is 6.89. The predicted octanol–water partition coefficient (Wildman–Crippen LogP) is 3.38. The Kier molecular flexibility index (Phi) is 5.58. The van der Waals surface area contributed by atoms with Crippen molar-refractivity contribution in [1.82, 2.24) is 0 Å². The maximum atomic E-state index is 5.97. The van der Waals surface area contributed by atoms with Crippen LogP contribution in [0.25, 0.3) is 0 Å². The van der Waals surface area contributed by atoms with Gasteiger partial charge < -0.3 is 9.47 Å². The zero-order valence-corrected chi connectivity index (χ0v) is 11.8. The summed E-state index contributed by atoms with van der Waals surface area (Å²) in [6.07, 6.45) is 3.01. The lowest BCUT2D eigenvalue weighted by Crippen LogP contribution is -2.52. The van der Waals surface area contributed by atoms with Gasteiger partial charge in [-0.15, -0.1) is 0 Å². The number of hydrogen-bond donors (Lipinski definition) is 0. The highest BCUT2D eigenvalue weighted by molar-refractivity contribution is 9.09. The Hall–Kier alpha value is 0.400. The molecule has 0 aromatic heterocycles. The van der Waals surface area contributed by atoms with E-state index >= 15 is 0 Å². The summed E-state index contributed by atoms with van der Waals surface area (Å²) in [7, 11) is 0. The van der Waals surface area contributed by atoms with Crippen molar-refractivity contribution in [3.63, 3.8) is 0 Å². The van der Waals surface area contributed by atoms with Crippen LogP contribution in [0.4, 0.5) is 0 Å². The second-order valence-electron chi connectivity index (χ2n) is 4.71. The molecule has 0 aliphatic heterocycles. The molecule has 0 radical (unpaired) electrons. The summed E-state index contributed by atoms with van der Waals surface area (Å²) in [4.78, 5) is 0.480. The SMILES string of the molecule is CCCOC1C(Br)CC1OC(C)C(C)C. The number of alkyl halides is 1. The third-order valence-corrected chi connectivity index (χ3v) is 3.92. The van der Waals surface area contributed by atoms with Crippen LogP contribution in [0.15, 0.2) is 0 Å². The van der Waals surface area contributed by atoms with E-state index in [2.05, 4.69) is 43.6 Å². The largest absolute Gasteiger partial charge is 0.374 e. The van der Waals surface area contributed by atoms with Crippen LogP contribution in [-0.4, -0.2) is 29.7 Å². The third kappa shape index (κ3) is 3.72. The Balaban J connectivity index is 2.30. The minimum atomic E-state index is 0.256. The quantitative estimate of drug-likeness (QED) is 0.694. The van der Waals surface area contributed by atoms with Crippen LogP contribution in [0, 0.1) is 5.92 Å². The smallest absolute Gasteiger partial charge is 0.0962 e. The topological polar surface area (TPSA) is 18.5 Å². The van der Waals surface area contributed by atoms with Gasteiger partial charge in [-0.1, -0.05) is 36.7 Å². The Bertz CT molecular complexity index is 184. The van der Waals surface area contributed by atoms with Crippen LogP contribution in [0.3, 0.4) is 0 Å². The van der Waals surface area contributed by atoms with E-state index < -0.39 is 0 Å². The van der Waals surface area contributed by atoms with E-state index in [9.17, 15) is 0 Å². The number of hydrogen-bond acceptors (Lipinski definition) is 2. The number of rotatable bonds is 6. The molecule has 0 aromatic rings. The summed E-state index contributed by atoms with van der Waals surface area (Å²) in [5.41, 5.74) is 0. The van der Waals surface area contributed by atoms with E-state index in [4.69, 9.17) is 9.47 Å². The lowest BCUT2D eigenvalue weighted by Gasteiger charge is -2.42. The maximum Gasteiger partial charge on any atom is 0.0962 e. The minimum absolute atomic E-state index is 0.256. The molecule has 1 aliphatic rings. The van der Waals surface area contributed by atoms with Crippen molar-refractivity contribution in [3.8, 4) is 0 Å². The van der Waals surface area contributed by atoms with Crippen LogP contribution in [0.2, 0.25) is 0 Å². The molecule has 1 fully saturated rings. The minimum Gasteiger partial charge on any atom is -0.374 e. The van der Waals surface area contributed by atoms with Crippen molar-refractivity contribution in [2.24, 2.45) is 5.92 Å². The second-order valence-corrected chi connectivity index (χ2v) is 5.89. The summed E-state index contributed by atoms with van der Waals surface area (Å²) in [5.74, 6) is 0.575. The maximum absolute atomic E-state index is 5.97. The molecule has 1 rings (SSSR count). The normalized spacial score (nSPS) is 32.8. The fraction of sp³-hybridized carbons (Fsp3) is 1.00. The summed E-state index contributed by atoms with van der Waals surface area (Å²) >= 11 is 3.62. The molecule has 0 heterocycles. The van der Waals surface area contributed by atoms with E-state index in [-0.39, 0.29) is 6.10 Å². The van der Waals surface area contributed by atoms with Gasteiger partial charge >= 0.3 is 0 Å². The zero-order chi connectivity index (χ0) is 11.4. The average Bonchev–Trinajstić information content (AvgIpc) is 2.17. The molecule has 1 saturated carbocycles. The van der Waals surface area contributed by atoms with E-state index in [1.54, 1.807) is 0 Å². The Labute approximate surface area is 102 Å². The summed E-state index contributed by atoms with van der Waals surface area (Å²) in [6.45, 7) is 9.49. The summed E-state index contributed by atoms with van der Waals surface area (Å²) < 4.78 is 11.7. The van der Waals surface area contributed by atoms with E-state index in [0.717, 1.165) is 19.4 Å². The highest BCUT2D eigenvalue weighted by atomic mass is 79.9. The van der Waals surface area contributed by atoms with E-state index in [0.29, 0.717) is 23.0 Å². The Morgan fingerprint density at radius 1 is 1.33 bits per heavy atom. The molecule has 1 aliphatic carbocycles. The van der Waals surface area contributed by atoms with Crippen molar-refractivity contribution < 1.29 is 9.47 Å². The monoisotopic (exact) mass is 278 g/mol. The predicted molar refractivity (Wildman–Crippen MR) is 66.5 cm³/mol. The van der Waals surface area contributed by atoms with E-state index in [1.807, 2.05) is 0 Å². The third-order valence-electron chi connectivity index (χ3n) is 3.02. The van der Waals surface area contributed by atoms with Gasteiger partial charge in [0.25, 0.3) is 0 Å². The first-order valence-electron chi connectivity index (χ1n) is 5.97. The van der Waals surface area contributed by atoms with Gasteiger partial charge in [-0.05, 0) is 25.7 Å². The highest BCUT2D eigenvalue weighted by Crippen LogP contribution is 2.34. The van der Waals surface area contributed by atoms with Crippen molar-refractivity contribution in [2.75, 3.05) is 6.61 Å². The zero-order valence-electron chi connectivity index (χ0n) is 10.2. The number of ether oxygens (including phenoxy) is 2. The van der Waals surface area contributed by atoms with Gasteiger partial charge in [-0.3, -0.25) is 0 Å². The Morgan fingerprint density at radius 3 is 2.47 bits per heavy atom. The molecule has 0 bridgehead atoms. The molecule has 0 aromatic carbocycles. The fourth-order valence-corrected chi connectivity index (χ4v) is 2.42. The van der Waals surface area contributed by atoms with Crippen molar-refractivity contribution in [3.05, 3.63) is 0 Å². The van der Waals surface area contributed by atoms with Crippen LogP contribution in [0.5, 0.6) is 0 Å². The molecule has 4 unspecified atom stereocenters. The van der Waals surface area contributed by atoms with Gasteiger partial charge in [-0.2, -0.15) is 0 Å². The van der Waals surface area contributed by atoms with Crippen molar-refractivity contribution in [2.45, 2.75) is 63.7 Å². The summed E-state index contributed by atoms with van der Waals surface area (Å²) in [5, 5.41) is 0. The van der Waals surface area contributed by atoms with Gasteiger partial charge in [0.05, 0.1) is 18.3 Å². The lowest BCUT2D eigenvalue weighted by molar-refractivity contribution is -0.149. The first kappa shape index (κ1) is 13.5. The Morgan fingerprint density at radius 2 is 2.00 bits per heavy atom. The molecule has 90 valence electrons. The molecular weight excluding hydrogens is 256 g/mol. The highest BCUT2D eigenvalue weighted by Gasteiger charge is 2.42. The molecule has 2 nitrogen and oxygen atoms in total. The van der Waals surface area contributed by atoms with Gasteiger partial charge in [0.1, 0.15) is 0 Å². The summed E-state index contributed by atoms with van der Waals surface area (Å²) in [6, 6.07) is 0. The van der Waals surface area contributed by atoms with Gasteiger partial charge in [0, 0.05) is 11.4 Å². The number of halogens is 1. The standard InChI is InChI=1S/C12H23BrO2/c1-5-6-14-12-10(13)7-11(12)15-9(4)8(2)3/h8-12H,5-7H2,1-4H3. The molecule has 3 heteroatoms. The molecular formula is C12H23BrO2. The van der Waals surface area contributed by atoms with Crippen molar-refractivity contribution in [1.29, 1.82) is 0 Å². The molecule has 4 atom stereocenters. The van der Waals surface area contributed by atoms with Gasteiger partial charge in [-0.25, -0.2) is 0 Å². The van der Waals surface area contributed by atoms with Crippen LogP contribution >= 0.6 is 15.9 Å². The lowest BCUT2D eigenvalue weighted by atomic mass is 9.91. The molecule has 0 amide bonds. The fourth-order valence-electron chi connectivity index (χ4n) is 1.56. The van der Waals surface area contributed by atoms with E-state index in [1.165, 1.54) is 0 Å². The van der Waals surface area contributed by atoms with Gasteiger partial charge in [0.2, 0.25) is 0 Å². The average molecular weight is 279 g/mol. The van der Waals surface area contributed by atoms with Crippen molar-refractivity contribution >= 4 is 15.9 Å². The molecule has 0 spiro atoms. The molecule has 0 saturated heterocycles. The molecule has 15 heavy (non-hydrogen) atoms. The first-order chi connectivity index (χ1) is 7.06. The van der Waals surface area contributed by atoms with Crippen LogP contribution in [-0.2, 0) is 9.47 Å². The van der Waals surface area contributed by atoms with Gasteiger partial charge in [0.15, 0.2) is 0 Å². The molecule has 0 N–H and O–H groups in total. The van der Waals surface area contributed by atoms with Crippen LogP contribution < -0.4 is 0 Å². The van der Waals surface area contributed by atoms with Crippen LogP contribution in [0.1, 0.15) is 40.5 Å².